The molecule has 4 rings (SSSR count). The zero-order chi connectivity index (χ0) is 20.2. The average molecular weight is 450 g/mol. The van der Waals surface area contributed by atoms with E-state index in [-0.39, 0.29) is 12.4 Å². The Morgan fingerprint density at radius 3 is 2.34 bits per heavy atom. The number of benzene rings is 3. The Bertz CT molecular complexity index is 1170. The average Bonchev–Trinajstić information content (AvgIpc) is 3.16. The second-order valence-corrected chi connectivity index (χ2v) is 7.35. The zero-order valence-corrected chi connectivity index (χ0v) is 16.9. The monoisotopic (exact) mass is 449 g/mol. The number of halogens is 1. The van der Waals surface area contributed by atoms with Crippen LogP contribution in [-0.4, -0.2) is 33.4 Å². The molecule has 0 bridgehead atoms. The number of ketones is 1. The van der Waals surface area contributed by atoms with Gasteiger partial charge in [0.25, 0.3) is 0 Å². The number of rotatable bonds is 6. The molecule has 0 unspecified atom stereocenters. The van der Waals surface area contributed by atoms with Gasteiger partial charge in [0.05, 0.1) is 17.6 Å². The molecule has 4 aromatic rings. The second kappa shape index (κ2) is 8.36. The number of aromatic nitrogens is 3. The van der Waals surface area contributed by atoms with E-state index in [4.69, 9.17) is 4.74 Å². The van der Waals surface area contributed by atoms with E-state index in [0.717, 1.165) is 21.1 Å². The van der Waals surface area contributed by atoms with E-state index >= 15 is 0 Å². The van der Waals surface area contributed by atoms with Crippen molar-refractivity contribution in [3.05, 3.63) is 94.0 Å². The summed E-state index contributed by atoms with van der Waals surface area (Å²) in [6.07, 6.45) is 0. The fourth-order valence-electron chi connectivity index (χ4n) is 2.89. The van der Waals surface area contributed by atoms with Crippen molar-refractivity contribution in [3.63, 3.8) is 0 Å². The molecule has 0 fully saturated rings. The van der Waals surface area contributed by atoms with Crippen LogP contribution in [0, 0.1) is 0 Å². The molecule has 29 heavy (non-hydrogen) atoms. The Hall–Kier alpha value is -3.32. The molecule has 0 amide bonds. The van der Waals surface area contributed by atoms with Crippen molar-refractivity contribution >= 4 is 38.7 Å². The summed E-state index contributed by atoms with van der Waals surface area (Å²) in [6.45, 7) is 0.241. The second-order valence-electron chi connectivity index (χ2n) is 6.44. The summed E-state index contributed by atoms with van der Waals surface area (Å²) in [7, 11) is 0. The lowest BCUT2D eigenvalue weighted by molar-refractivity contribution is 0.0474. The minimum Gasteiger partial charge on any atom is -0.454 e. The van der Waals surface area contributed by atoms with E-state index in [1.165, 1.54) is 0 Å². The van der Waals surface area contributed by atoms with Crippen LogP contribution in [0.4, 0.5) is 0 Å². The number of fused-ring (bicyclic) bond motifs is 1. The molecule has 144 valence electrons. The number of hydrogen-bond donors (Lipinski definition) is 0. The number of esters is 1. The van der Waals surface area contributed by atoms with Crippen molar-refractivity contribution in [3.8, 4) is 0 Å². The molecule has 3 aromatic carbocycles. The zero-order valence-electron chi connectivity index (χ0n) is 15.3. The van der Waals surface area contributed by atoms with E-state index in [1.54, 1.807) is 41.1 Å². The van der Waals surface area contributed by atoms with Crippen molar-refractivity contribution < 1.29 is 14.3 Å². The molecule has 0 atom stereocenters. The highest BCUT2D eigenvalue weighted by molar-refractivity contribution is 9.10. The van der Waals surface area contributed by atoms with Gasteiger partial charge in [-0.25, -0.2) is 9.48 Å². The van der Waals surface area contributed by atoms with Gasteiger partial charge in [-0.05, 0) is 42.0 Å². The maximum absolute atomic E-state index is 12.2. The largest absolute Gasteiger partial charge is 0.454 e. The third kappa shape index (κ3) is 4.41. The lowest BCUT2D eigenvalue weighted by atomic mass is 10.1. The van der Waals surface area contributed by atoms with Gasteiger partial charge >= 0.3 is 5.97 Å². The van der Waals surface area contributed by atoms with Gasteiger partial charge in [0.15, 0.2) is 12.4 Å². The first-order chi connectivity index (χ1) is 14.1. The van der Waals surface area contributed by atoms with E-state index in [2.05, 4.69) is 26.2 Å². The minimum absolute atomic E-state index is 0.250. The van der Waals surface area contributed by atoms with Gasteiger partial charge in [-0.15, -0.1) is 5.10 Å². The summed E-state index contributed by atoms with van der Waals surface area (Å²) in [5, 5.41) is 8.30. The Kier molecular flexibility index (Phi) is 5.48. The van der Waals surface area contributed by atoms with E-state index < -0.39 is 5.97 Å². The van der Waals surface area contributed by atoms with Gasteiger partial charge in [0.1, 0.15) is 5.52 Å². The highest BCUT2D eigenvalue weighted by atomic mass is 79.9. The molecule has 7 heteroatoms. The quantitative estimate of drug-likeness (QED) is 0.324. The molecule has 0 spiro atoms. The van der Waals surface area contributed by atoms with Gasteiger partial charge in [0, 0.05) is 10.0 Å². The predicted octanol–water partition coefficient (Wildman–Crippen LogP) is 4.28. The van der Waals surface area contributed by atoms with E-state index in [9.17, 15) is 9.59 Å². The molecule has 0 aliphatic rings. The normalized spacial score (nSPS) is 10.8. The first-order valence-electron chi connectivity index (χ1n) is 8.93. The lowest BCUT2D eigenvalue weighted by Crippen LogP contribution is -2.14. The Morgan fingerprint density at radius 1 is 0.897 bits per heavy atom. The third-order valence-electron chi connectivity index (χ3n) is 4.44. The van der Waals surface area contributed by atoms with Crippen molar-refractivity contribution in [2.75, 3.05) is 6.61 Å². The highest BCUT2D eigenvalue weighted by Gasteiger charge is 2.12. The maximum Gasteiger partial charge on any atom is 0.338 e. The smallest absolute Gasteiger partial charge is 0.338 e. The van der Waals surface area contributed by atoms with Crippen molar-refractivity contribution in [1.29, 1.82) is 0 Å². The number of para-hydroxylation sites is 1. The number of carbonyl (C=O) groups is 2. The summed E-state index contributed by atoms with van der Waals surface area (Å²) in [4.78, 5) is 24.4. The summed E-state index contributed by atoms with van der Waals surface area (Å²) in [5.41, 5.74) is 3.64. The molecule has 6 nitrogen and oxygen atoms in total. The molecule has 0 N–H and O–H groups in total. The molecule has 1 aromatic heterocycles. The third-order valence-corrected chi connectivity index (χ3v) is 4.97. The van der Waals surface area contributed by atoms with Crippen molar-refractivity contribution in [2.24, 2.45) is 0 Å². The van der Waals surface area contributed by atoms with Crippen LogP contribution in [0.5, 0.6) is 0 Å². The lowest BCUT2D eigenvalue weighted by Gasteiger charge is -2.06. The van der Waals surface area contributed by atoms with Gasteiger partial charge in [-0.3, -0.25) is 4.79 Å². The van der Waals surface area contributed by atoms with Crippen LogP contribution in [0.25, 0.3) is 11.0 Å². The molecule has 1 heterocycles. The predicted molar refractivity (Wildman–Crippen MR) is 112 cm³/mol. The van der Waals surface area contributed by atoms with Crippen LogP contribution >= 0.6 is 15.9 Å². The van der Waals surface area contributed by atoms with E-state index in [0.29, 0.717) is 17.7 Å². The maximum atomic E-state index is 12.2. The van der Waals surface area contributed by atoms with Gasteiger partial charge in [0.2, 0.25) is 0 Å². The standard InChI is InChI=1S/C22H16BrN3O3/c23-18-11-9-16(10-12-18)21(27)14-29-22(28)17-7-5-15(6-8-17)13-26-20-4-2-1-3-19(20)24-25-26/h1-12H,13-14H2. The number of carbonyl (C=O) groups excluding carboxylic acids is 2. The first kappa shape index (κ1) is 19.0. The molecule has 0 aliphatic heterocycles. The summed E-state index contributed by atoms with van der Waals surface area (Å²) < 4.78 is 7.83. The Morgan fingerprint density at radius 2 is 1.59 bits per heavy atom. The molecule has 0 saturated heterocycles. The number of hydrogen-bond acceptors (Lipinski definition) is 5. The van der Waals surface area contributed by atoms with Gasteiger partial charge in [-0.1, -0.05) is 57.5 Å². The fourth-order valence-corrected chi connectivity index (χ4v) is 3.15. The topological polar surface area (TPSA) is 74.1 Å². The molecule has 0 radical (unpaired) electrons. The SMILES string of the molecule is O=C(COC(=O)c1ccc(Cn2nnc3ccccc32)cc1)c1ccc(Br)cc1. The highest BCUT2D eigenvalue weighted by Crippen LogP contribution is 2.14. The number of ether oxygens (including phenoxy) is 1. The molecular formula is C22H16BrN3O3. The molecular weight excluding hydrogens is 434 g/mol. The Labute approximate surface area is 175 Å². The van der Waals surface area contributed by atoms with Crippen molar-refractivity contribution in [1.82, 2.24) is 15.0 Å². The summed E-state index contributed by atoms with van der Waals surface area (Å²) in [6, 6.07) is 21.7. The summed E-state index contributed by atoms with van der Waals surface area (Å²) in [5.74, 6) is -0.784. The van der Waals surface area contributed by atoms with Crippen LogP contribution < -0.4 is 0 Å². The first-order valence-corrected chi connectivity index (χ1v) is 9.72. The number of Topliss-reactive ketones (excluding diaryl/α,β-unsaturated/α-hetero) is 1. The van der Waals surface area contributed by atoms with Crippen LogP contribution in [0.15, 0.2) is 77.3 Å². The van der Waals surface area contributed by atoms with Gasteiger partial charge < -0.3 is 4.74 Å². The fraction of sp³-hybridized carbons (Fsp3) is 0.0909. The summed E-state index contributed by atoms with van der Waals surface area (Å²) >= 11 is 3.32. The van der Waals surface area contributed by atoms with Gasteiger partial charge in [-0.2, -0.15) is 0 Å². The van der Waals surface area contributed by atoms with Crippen LogP contribution in [0.1, 0.15) is 26.3 Å². The Balaban J connectivity index is 1.37. The molecule has 0 aliphatic carbocycles. The van der Waals surface area contributed by atoms with Crippen molar-refractivity contribution in [2.45, 2.75) is 6.54 Å². The molecule has 0 saturated carbocycles. The van der Waals surface area contributed by atoms with Crippen LogP contribution in [-0.2, 0) is 11.3 Å². The minimum atomic E-state index is -0.534. The van der Waals surface area contributed by atoms with Crippen LogP contribution in [0.3, 0.4) is 0 Å². The van der Waals surface area contributed by atoms with Crippen LogP contribution in [0.2, 0.25) is 0 Å². The number of nitrogens with zero attached hydrogens (tertiary/aromatic N) is 3. The van der Waals surface area contributed by atoms with E-state index in [1.807, 2.05) is 36.4 Å².